The minimum Gasteiger partial charge on any atom is -0.353 e. The Hall–Kier alpha value is -3.21. The Balaban J connectivity index is 1.56. The molecule has 1 aromatic heterocycles. The third-order valence-electron chi connectivity index (χ3n) is 6.26. The highest BCUT2D eigenvalue weighted by molar-refractivity contribution is 5.95. The van der Waals surface area contributed by atoms with Crippen molar-refractivity contribution < 1.29 is 4.79 Å². The first-order valence-electron chi connectivity index (χ1n) is 11.5. The second-order valence-electron chi connectivity index (χ2n) is 8.63. The van der Waals surface area contributed by atoms with E-state index in [1.54, 1.807) is 0 Å². The van der Waals surface area contributed by atoms with Crippen LogP contribution >= 0.6 is 0 Å². The molecule has 5 nitrogen and oxygen atoms in total. The Kier molecular flexibility index (Phi) is 6.54. The van der Waals surface area contributed by atoms with Crippen LogP contribution in [0.3, 0.4) is 0 Å². The standard InChI is InChI=1S/C27H32N4O/c1-5-25-24(18-22-12-10-19(2)11-13-22)26(29-21(4)28-25)30-14-16-31(17-15-30)27(32)23-9-7-6-8-20(23)3/h6-13H,5,14-18H2,1-4H3. The molecule has 32 heavy (non-hydrogen) atoms. The Morgan fingerprint density at radius 3 is 2.25 bits per heavy atom. The smallest absolute Gasteiger partial charge is 0.254 e. The van der Waals surface area contributed by atoms with E-state index in [0.717, 1.165) is 54.4 Å². The molecule has 0 atom stereocenters. The van der Waals surface area contributed by atoms with Gasteiger partial charge in [0.25, 0.3) is 5.91 Å². The van der Waals surface area contributed by atoms with E-state index in [0.29, 0.717) is 13.1 Å². The maximum atomic E-state index is 13.0. The summed E-state index contributed by atoms with van der Waals surface area (Å²) in [5.74, 6) is 1.96. The Bertz CT molecular complexity index is 1100. The number of piperazine rings is 1. The summed E-state index contributed by atoms with van der Waals surface area (Å²) in [5.41, 5.74) is 6.69. The molecule has 166 valence electrons. The highest BCUT2D eigenvalue weighted by Crippen LogP contribution is 2.26. The highest BCUT2D eigenvalue weighted by Gasteiger charge is 2.26. The zero-order chi connectivity index (χ0) is 22.7. The SMILES string of the molecule is CCc1nc(C)nc(N2CCN(C(=O)c3ccccc3C)CC2)c1Cc1ccc(C)cc1. The number of anilines is 1. The van der Waals surface area contributed by atoms with Gasteiger partial charge in [0, 0.05) is 49.4 Å². The third kappa shape index (κ3) is 4.67. The monoisotopic (exact) mass is 428 g/mol. The van der Waals surface area contributed by atoms with Gasteiger partial charge in [-0.05, 0) is 44.4 Å². The molecule has 1 fully saturated rings. The van der Waals surface area contributed by atoms with Crippen molar-refractivity contribution in [1.82, 2.24) is 14.9 Å². The summed E-state index contributed by atoms with van der Waals surface area (Å²) >= 11 is 0. The minimum atomic E-state index is 0.121. The van der Waals surface area contributed by atoms with Crippen LogP contribution in [0.15, 0.2) is 48.5 Å². The number of hydrogen-bond acceptors (Lipinski definition) is 4. The number of rotatable bonds is 5. The first kappa shape index (κ1) is 22.0. The predicted molar refractivity (Wildman–Crippen MR) is 129 cm³/mol. The first-order chi connectivity index (χ1) is 15.5. The largest absolute Gasteiger partial charge is 0.353 e. The Morgan fingerprint density at radius 1 is 0.906 bits per heavy atom. The first-order valence-corrected chi connectivity index (χ1v) is 11.5. The fourth-order valence-corrected chi connectivity index (χ4v) is 4.39. The topological polar surface area (TPSA) is 49.3 Å². The van der Waals surface area contributed by atoms with Crippen molar-refractivity contribution >= 4 is 11.7 Å². The summed E-state index contributed by atoms with van der Waals surface area (Å²) in [6, 6.07) is 16.5. The molecule has 1 aliphatic heterocycles. The molecule has 5 heteroatoms. The van der Waals surface area contributed by atoms with Crippen LogP contribution in [0.1, 0.15) is 51.1 Å². The van der Waals surface area contributed by atoms with E-state index in [9.17, 15) is 4.79 Å². The minimum absolute atomic E-state index is 0.121. The summed E-state index contributed by atoms with van der Waals surface area (Å²) in [7, 11) is 0. The number of aromatic nitrogens is 2. The number of benzene rings is 2. The molecule has 3 aromatic rings. The van der Waals surface area contributed by atoms with Gasteiger partial charge in [0.1, 0.15) is 11.6 Å². The number of carbonyl (C=O) groups is 1. The summed E-state index contributed by atoms with van der Waals surface area (Å²) in [6.07, 6.45) is 1.70. The van der Waals surface area contributed by atoms with Gasteiger partial charge < -0.3 is 9.80 Å². The van der Waals surface area contributed by atoms with Crippen LogP contribution in [0.25, 0.3) is 0 Å². The van der Waals surface area contributed by atoms with Crippen LogP contribution in [0.2, 0.25) is 0 Å². The molecule has 0 spiro atoms. The quantitative estimate of drug-likeness (QED) is 0.600. The van der Waals surface area contributed by atoms with Crippen molar-refractivity contribution in [3.05, 3.63) is 87.9 Å². The maximum absolute atomic E-state index is 13.0. The highest BCUT2D eigenvalue weighted by atomic mass is 16.2. The Morgan fingerprint density at radius 2 is 1.59 bits per heavy atom. The van der Waals surface area contributed by atoms with Gasteiger partial charge in [0.2, 0.25) is 0 Å². The molecule has 1 saturated heterocycles. The maximum Gasteiger partial charge on any atom is 0.254 e. The van der Waals surface area contributed by atoms with Gasteiger partial charge in [-0.3, -0.25) is 4.79 Å². The fraction of sp³-hybridized carbons (Fsp3) is 0.370. The lowest BCUT2D eigenvalue weighted by Gasteiger charge is -2.37. The second-order valence-corrected chi connectivity index (χ2v) is 8.63. The van der Waals surface area contributed by atoms with E-state index in [1.807, 2.05) is 43.0 Å². The summed E-state index contributed by atoms with van der Waals surface area (Å²) < 4.78 is 0. The van der Waals surface area contributed by atoms with Gasteiger partial charge in [-0.25, -0.2) is 9.97 Å². The Labute approximate surface area is 191 Å². The van der Waals surface area contributed by atoms with Crippen molar-refractivity contribution in [3.63, 3.8) is 0 Å². The molecule has 0 unspecified atom stereocenters. The molecule has 0 N–H and O–H groups in total. The van der Waals surface area contributed by atoms with Crippen molar-refractivity contribution in [2.75, 3.05) is 31.1 Å². The van der Waals surface area contributed by atoms with E-state index in [2.05, 4.69) is 43.0 Å². The van der Waals surface area contributed by atoms with Crippen LogP contribution in [0.4, 0.5) is 5.82 Å². The van der Waals surface area contributed by atoms with Gasteiger partial charge >= 0.3 is 0 Å². The molecule has 2 aromatic carbocycles. The lowest BCUT2D eigenvalue weighted by Crippen LogP contribution is -2.49. The van der Waals surface area contributed by atoms with Gasteiger partial charge in [-0.15, -0.1) is 0 Å². The molecule has 0 radical (unpaired) electrons. The summed E-state index contributed by atoms with van der Waals surface area (Å²) in [6.45, 7) is 11.2. The van der Waals surface area contributed by atoms with Crippen LogP contribution < -0.4 is 4.90 Å². The molecule has 0 aliphatic carbocycles. The predicted octanol–water partition coefficient (Wildman–Crippen LogP) is 4.52. The number of nitrogens with zero attached hydrogens (tertiary/aromatic N) is 4. The van der Waals surface area contributed by atoms with Crippen LogP contribution in [-0.4, -0.2) is 47.0 Å². The van der Waals surface area contributed by atoms with Gasteiger partial charge in [0.15, 0.2) is 0 Å². The van der Waals surface area contributed by atoms with Crippen LogP contribution in [0.5, 0.6) is 0 Å². The fourth-order valence-electron chi connectivity index (χ4n) is 4.39. The number of aryl methyl sites for hydroxylation is 4. The lowest BCUT2D eigenvalue weighted by atomic mass is 10.0. The van der Waals surface area contributed by atoms with Crippen molar-refractivity contribution in [1.29, 1.82) is 0 Å². The van der Waals surface area contributed by atoms with E-state index < -0.39 is 0 Å². The van der Waals surface area contributed by atoms with Gasteiger partial charge in [0.05, 0.1) is 0 Å². The normalized spacial score (nSPS) is 14.0. The zero-order valence-electron chi connectivity index (χ0n) is 19.6. The second kappa shape index (κ2) is 9.51. The number of carbonyl (C=O) groups excluding carboxylic acids is 1. The summed E-state index contributed by atoms with van der Waals surface area (Å²) in [4.78, 5) is 27.0. The number of amides is 1. The lowest BCUT2D eigenvalue weighted by molar-refractivity contribution is 0.0745. The molecule has 0 bridgehead atoms. The molecule has 2 heterocycles. The van der Waals surface area contributed by atoms with E-state index in [-0.39, 0.29) is 5.91 Å². The molecular formula is C27H32N4O. The van der Waals surface area contributed by atoms with Crippen molar-refractivity contribution in [2.24, 2.45) is 0 Å². The van der Waals surface area contributed by atoms with E-state index in [4.69, 9.17) is 9.97 Å². The molecule has 4 rings (SSSR count). The average molecular weight is 429 g/mol. The third-order valence-corrected chi connectivity index (χ3v) is 6.26. The molecule has 1 amide bonds. The zero-order valence-corrected chi connectivity index (χ0v) is 19.6. The molecule has 0 saturated carbocycles. The van der Waals surface area contributed by atoms with E-state index in [1.165, 1.54) is 16.7 Å². The van der Waals surface area contributed by atoms with E-state index >= 15 is 0 Å². The van der Waals surface area contributed by atoms with Crippen molar-refractivity contribution in [3.8, 4) is 0 Å². The van der Waals surface area contributed by atoms with Gasteiger partial charge in [-0.2, -0.15) is 0 Å². The number of hydrogen-bond donors (Lipinski definition) is 0. The molecular weight excluding hydrogens is 396 g/mol. The van der Waals surface area contributed by atoms with Crippen molar-refractivity contribution in [2.45, 2.75) is 40.5 Å². The summed E-state index contributed by atoms with van der Waals surface area (Å²) in [5, 5.41) is 0. The molecule has 1 aliphatic rings. The van der Waals surface area contributed by atoms with Crippen LogP contribution in [0, 0.1) is 20.8 Å². The van der Waals surface area contributed by atoms with Gasteiger partial charge in [-0.1, -0.05) is 55.0 Å². The average Bonchev–Trinajstić information content (AvgIpc) is 2.81. The van der Waals surface area contributed by atoms with Crippen LogP contribution in [-0.2, 0) is 12.8 Å².